The predicted molar refractivity (Wildman–Crippen MR) is 95.4 cm³/mol. The van der Waals surface area contributed by atoms with Crippen LogP contribution in [-0.2, 0) is 0 Å². The third-order valence-corrected chi connectivity index (χ3v) is 4.52. The third kappa shape index (κ3) is 3.87. The Morgan fingerprint density at radius 1 is 1.36 bits per heavy atom. The summed E-state index contributed by atoms with van der Waals surface area (Å²) in [6.45, 7) is 3.18. The lowest BCUT2D eigenvalue weighted by Gasteiger charge is -2.26. The molecule has 0 aliphatic carbocycles. The van der Waals surface area contributed by atoms with E-state index in [-0.39, 0.29) is 11.9 Å². The zero-order chi connectivity index (χ0) is 17.8. The molecule has 1 aliphatic heterocycles. The van der Waals surface area contributed by atoms with Gasteiger partial charge in [0.05, 0.1) is 0 Å². The van der Waals surface area contributed by atoms with Crippen molar-refractivity contribution in [3.05, 3.63) is 47.5 Å². The summed E-state index contributed by atoms with van der Waals surface area (Å²) in [7, 11) is 1.81. The Bertz CT molecular complexity index is 767. The maximum absolute atomic E-state index is 13.4. The summed E-state index contributed by atoms with van der Waals surface area (Å²) < 4.78 is 13.4. The second kappa shape index (κ2) is 7.46. The summed E-state index contributed by atoms with van der Waals surface area (Å²) in [5.41, 5.74) is 1.14. The van der Waals surface area contributed by atoms with E-state index in [1.165, 1.54) is 18.5 Å². The van der Waals surface area contributed by atoms with Gasteiger partial charge in [-0.25, -0.2) is 14.4 Å². The van der Waals surface area contributed by atoms with Crippen molar-refractivity contribution in [3.63, 3.8) is 0 Å². The van der Waals surface area contributed by atoms with Gasteiger partial charge in [0, 0.05) is 37.8 Å². The highest BCUT2D eigenvalue weighted by Crippen LogP contribution is 2.24. The molecule has 2 aromatic rings. The topological polar surface area (TPSA) is 70.2 Å². The van der Waals surface area contributed by atoms with E-state index in [0.717, 1.165) is 36.6 Å². The van der Waals surface area contributed by atoms with Crippen LogP contribution in [-0.4, -0.2) is 42.1 Å². The van der Waals surface area contributed by atoms with Gasteiger partial charge < -0.3 is 15.5 Å². The zero-order valence-electron chi connectivity index (χ0n) is 14.4. The number of nitrogens with one attached hydrogen (secondary N) is 2. The first-order chi connectivity index (χ1) is 12.1. The van der Waals surface area contributed by atoms with Crippen molar-refractivity contribution < 1.29 is 9.18 Å². The Morgan fingerprint density at radius 3 is 3.00 bits per heavy atom. The second-order valence-corrected chi connectivity index (χ2v) is 6.17. The monoisotopic (exact) mass is 343 g/mol. The van der Waals surface area contributed by atoms with E-state index < -0.39 is 5.82 Å². The van der Waals surface area contributed by atoms with Crippen LogP contribution in [0.3, 0.4) is 0 Å². The average molecular weight is 343 g/mol. The fourth-order valence-corrected chi connectivity index (χ4v) is 3.13. The maximum Gasteiger partial charge on any atom is 0.251 e. The molecular weight excluding hydrogens is 321 g/mol. The Balaban J connectivity index is 1.67. The van der Waals surface area contributed by atoms with Crippen LogP contribution in [0.25, 0.3) is 0 Å². The van der Waals surface area contributed by atoms with E-state index in [9.17, 15) is 9.18 Å². The van der Waals surface area contributed by atoms with Gasteiger partial charge in [-0.1, -0.05) is 6.07 Å². The molecule has 7 heteroatoms. The third-order valence-electron chi connectivity index (χ3n) is 4.52. The quantitative estimate of drug-likeness (QED) is 0.872. The Labute approximate surface area is 146 Å². The number of aromatic nitrogens is 2. The van der Waals surface area contributed by atoms with E-state index in [4.69, 9.17) is 0 Å². The fourth-order valence-electron chi connectivity index (χ4n) is 3.13. The minimum Gasteiger partial charge on any atom is -0.373 e. The molecule has 1 aromatic carbocycles. The fraction of sp³-hybridized carbons (Fsp3) is 0.389. The highest BCUT2D eigenvalue weighted by atomic mass is 19.1. The molecule has 0 saturated carbocycles. The van der Waals surface area contributed by atoms with E-state index in [1.54, 1.807) is 13.0 Å². The van der Waals surface area contributed by atoms with Crippen LogP contribution in [0, 0.1) is 12.7 Å². The van der Waals surface area contributed by atoms with Crippen molar-refractivity contribution in [2.75, 3.05) is 30.4 Å². The molecule has 2 heterocycles. The number of nitrogens with zero attached hydrogens (tertiary/aromatic N) is 3. The summed E-state index contributed by atoms with van der Waals surface area (Å²) in [5.74, 6) is 0.953. The first-order valence-corrected chi connectivity index (χ1v) is 8.39. The van der Waals surface area contributed by atoms with Crippen LogP contribution in [0.1, 0.15) is 28.8 Å². The molecule has 2 N–H and O–H groups in total. The predicted octanol–water partition coefficient (Wildman–Crippen LogP) is 2.36. The lowest BCUT2D eigenvalue weighted by molar-refractivity contribution is 0.0950. The molecule has 6 nitrogen and oxygen atoms in total. The highest BCUT2D eigenvalue weighted by Gasteiger charge is 2.26. The van der Waals surface area contributed by atoms with Crippen molar-refractivity contribution in [1.82, 2.24) is 15.3 Å². The van der Waals surface area contributed by atoms with Crippen molar-refractivity contribution >= 4 is 17.5 Å². The largest absolute Gasteiger partial charge is 0.373 e. The van der Waals surface area contributed by atoms with Crippen LogP contribution >= 0.6 is 0 Å². The van der Waals surface area contributed by atoms with Crippen molar-refractivity contribution in [3.8, 4) is 0 Å². The van der Waals surface area contributed by atoms with Gasteiger partial charge in [0.2, 0.25) is 0 Å². The van der Waals surface area contributed by atoms with Crippen LogP contribution in [0.2, 0.25) is 0 Å². The number of halogens is 1. The molecule has 1 fully saturated rings. The van der Waals surface area contributed by atoms with Crippen LogP contribution < -0.4 is 15.5 Å². The van der Waals surface area contributed by atoms with Gasteiger partial charge in [0.15, 0.2) is 0 Å². The molecular formula is C18H22FN5O. The summed E-state index contributed by atoms with van der Waals surface area (Å²) in [6.07, 6.45) is 3.55. The average Bonchev–Trinajstić information content (AvgIpc) is 3.10. The molecule has 3 rings (SSSR count). The summed E-state index contributed by atoms with van der Waals surface area (Å²) in [6, 6.07) is 6.32. The van der Waals surface area contributed by atoms with Gasteiger partial charge in [0.25, 0.3) is 5.91 Å². The Morgan fingerprint density at radius 2 is 2.20 bits per heavy atom. The molecule has 1 aromatic heterocycles. The molecule has 1 saturated heterocycles. The van der Waals surface area contributed by atoms with Crippen molar-refractivity contribution in [1.29, 1.82) is 0 Å². The smallest absolute Gasteiger partial charge is 0.251 e. The first-order valence-electron chi connectivity index (χ1n) is 8.39. The standard InChI is InChI=1S/C18H22FN5O/c1-12-5-6-13(19)8-15(12)18(25)21-10-14-4-3-7-24(14)17-9-16(20-2)22-11-23-17/h5-6,8-9,11,14H,3-4,7,10H2,1-2H3,(H,21,25)(H,20,22,23)/t14-/m1/s1. The number of anilines is 2. The van der Waals surface area contributed by atoms with Gasteiger partial charge in [-0.2, -0.15) is 0 Å². The maximum atomic E-state index is 13.4. The number of amides is 1. The van der Waals surface area contributed by atoms with Gasteiger partial charge in [-0.3, -0.25) is 4.79 Å². The minimum atomic E-state index is -0.404. The molecule has 0 spiro atoms. The van der Waals surface area contributed by atoms with Crippen LogP contribution in [0.4, 0.5) is 16.0 Å². The minimum absolute atomic E-state index is 0.164. The molecule has 1 amide bonds. The van der Waals surface area contributed by atoms with E-state index in [0.29, 0.717) is 12.1 Å². The van der Waals surface area contributed by atoms with E-state index in [2.05, 4.69) is 25.5 Å². The van der Waals surface area contributed by atoms with Crippen LogP contribution in [0.15, 0.2) is 30.6 Å². The number of benzene rings is 1. The van der Waals surface area contributed by atoms with Crippen molar-refractivity contribution in [2.24, 2.45) is 0 Å². The zero-order valence-corrected chi connectivity index (χ0v) is 14.4. The number of aryl methyl sites for hydroxylation is 1. The number of carbonyl (C=O) groups is 1. The lowest BCUT2D eigenvalue weighted by atomic mass is 10.1. The highest BCUT2D eigenvalue weighted by molar-refractivity contribution is 5.95. The van der Waals surface area contributed by atoms with E-state index >= 15 is 0 Å². The number of hydrogen-bond donors (Lipinski definition) is 2. The van der Waals surface area contributed by atoms with Gasteiger partial charge in [0.1, 0.15) is 23.8 Å². The second-order valence-electron chi connectivity index (χ2n) is 6.17. The molecule has 1 atom stereocenters. The Kier molecular flexibility index (Phi) is 5.11. The summed E-state index contributed by atoms with van der Waals surface area (Å²) in [4.78, 5) is 23.0. The normalized spacial score (nSPS) is 16.8. The van der Waals surface area contributed by atoms with E-state index in [1.807, 2.05) is 13.1 Å². The van der Waals surface area contributed by atoms with Gasteiger partial charge >= 0.3 is 0 Å². The molecule has 0 unspecified atom stereocenters. The SMILES string of the molecule is CNc1cc(N2CCC[C@@H]2CNC(=O)c2cc(F)ccc2C)ncn1. The lowest BCUT2D eigenvalue weighted by Crippen LogP contribution is -2.40. The van der Waals surface area contributed by atoms with Gasteiger partial charge in [-0.05, 0) is 37.5 Å². The number of carbonyl (C=O) groups excluding carboxylic acids is 1. The van der Waals surface area contributed by atoms with Crippen LogP contribution in [0.5, 0.6) is 0 Å². The summed E-state index contributed by atoms with van der Waals surface area (Å²) >= 11 is 0. The van der Waals surface area contributed by atoms with Crippen molar-refractivity contribution in [2.45, 2.75) is 25.8 Å². The van der Waals surface area contributed by atoms with Gasteiger partial charge in [-0.15, -0.1) is 0 Å². The number of rotatable bonds is 5. The molecule has 132 valence electrons. The number of hydrogen-bond acceptors (Lipinski definition) is 5. The molecule has 0 radical (unpaired) electrons. The molecule has 0 bridgehead atoms. The molecule has 25 heavy (non-hydrogen) atoms. The summed E-state index contributed by atoms with van der Waals surface area (Å²) in [5, 5.41) is 5.94. The Hall–Kier alpha value is -2.70. The molecule has 1 aliphatic rings. The first kappa shape index (κ1) is 17.1.